The zero-order chi connectivity index (χ0) is 20.9. The van der Waals surface area contributed by atoms with Crippen LogP contribution in [0.5, 0.6) is 5.75 Å². The number of aromatic nitrogens is 1. The van der Waals surface area contributed by atoms with Gasteiger partial charge in [-0.05, 0) is 67.2 Å². The number of hydrogen-bond acceptors (Lipinski definition) is 4. The van der Waals surface area contributed by atoms with Crippen molar-refractivity contribution in [1.82, 2.24) is 4.98 Å². The molecule has 0 N–H and O–H groups in total. The Labute approximate surface area is 179 Å². The average molecular weight is 428 g/mol. The molecule has 2 aromatic rings. The monoisotopic (exact) mass is 427 g/mol. The Morgan fingerprint density at radius 1 is 1.17 bits per heavy atom. The van der Waals surface area contributed by atoms with Crippen molar-refractivity contribution in [3.05, 3.63) is 58.6 Å². The van der Waals surface area contributed by atoms with E-state index in [4.69, 9.17) is 16.3 Å². The lowest BCUT2D eigenvalue weighted by Gasteiger charge is -2.70. The number of halogens is 2. The van der Waals surface area contributed by atoms with Gasteiger partial charge in [-0.1, -0.05) is 17.7 Å². The Hall–Kier alpha value is -2.27. The van der Waals surface area contributed by atoms with E-state index in [1.165, 1.54) is 30.5 Å². The SMILES string of the molecule is O=C(COc1ccc(Cl)c(F)c1)CC12CC(C(=O)Cc3ccc(C4CC4)cn3)(C1)C2. The van der Waals surface area contributed by atoms with Crippen molar-refractivity contribution < 1.29 is 18.7 Å². The van der Waals surface area contributed by atoms with Gasteiger partial charge < -0.3 is 4.74 Å². The quantitative estimate of drug-likeness (QED) is 0.560. The third-order valence-corrected chi connectivity index (χ3v) is 7.14. The van der Waals surface area contributed by atoms with Crippen LogP contribution in [-0.2, 0) is 16.0 Å². The summed E-state index contributed by atoms with van der Waals surface area (Å²) in [6, 6.07) is 8.20. The first-order valence-corrected chi connectivity index (χ1v) is 10.8. The van der Waals surface area contributed by atoms with Gasteiger partial charge in [0.2, 0.25) is 0 Å². The molecule has 4 fully saturated rings. The van der Waals surface area contributed by atoms with Crippen LogP contribution in [0, 0.1) is 16.6 Å². The largest absolute Gasteiger partial charge is 0.486 e. The van der Waals surface area contributed by atoms with Crippen molar-refractivity contribution in [3.8, 4) is 5.75 Å². The van der Waals surface area contributed by atoms with Gasteiger partial charge in [0.15, 0.2) is 5.78 Å². The van der Waals surface area contributed by atoms with E-state index in [-0.39, 0.29) is 39.8 Å². The second-order valence-corrected chi connectivity index (χ2v) is 9.75. The Morgan fingerprint density at radius 3 is 2.57 bits per heavy atom. The van der Waals surface area contributed by atoms with Gasteiger partial charge in [0.25, 0.3) is 0 Å². The molecule has 0 atom stereocenters. The molecule has 1 heterocycles. The highest BCUT2D eigenvalue weighted by Gasteiger charge is 2.70. The predicted molar refractivity (Wildman–Crippen MR) is 110 cm³/mol. The summed E-state index contributed by atoms with van der Waals surface area (Å²) in [5.41, 5.74) is 1.81. The van der Waals surface area contributed by atoms with Crippen LogP contribution in [0.4, 0.5) is 4.39 Å². The molecular weight excluding hydrogens is 405 g/mol. The minimum absolute atomic E-state index is 0.0200. The van der Waals surface area contributed by atoms with Crippen LogP contribution in [0.15, 0.2) is 36.5 Å². The topological polar surface area (TPSA) is 56.3 Å². The fourth-order valence-corrected chi connectivity index (χ4v) is 5.35. The highest BCUT2D eigenvalue weighted by atomic mass is 35.5. The zero-order valence-corrected chi connectivity index (χ0v) is 17.4. The first-order chi connectivity index (χ1) is 14.4. The molecule has 4 nitrogen and oxygen atoms in total. The highest BCUT2D eigenvalue weighted by Crippen LogP contribution is 2.75. The number of nitrogens with zero attached hydrogens (tertiary/aromatic N) is 1. The molecule has 2 bridgehead atoms. The Balaban J connectivity index is 1.09. The number of pyridine rings is 1. The predicted octanol–water partition coefficient (Wildman–Crippen LogP) is 5.07. The molecule has 4 saturated carbocycles. The summed E-state index contributed by atoms with van der Waals surface area (Å²) in [6.07, 6.45) is 7.51. The van der Waals surface area contributed by atoms with Gasteiger partial charge in [0.1, 0.15) is 24.0 Å². The average Bonchev–Trinajstić information content (AvgIpc) is 3.50. The number of ether oxygens (including phenoxy) is 1. The van der Waals surface area contributed by atoms with Crippen molar-refractivity contribution in [2.45, 2.75) is 50.9 Å². The second-order valence-electron chi connectivity index (χ2n) is 9.35. The number of Topliss-reactive ketones (excluding diaryl/α,β-unsaturated/α-hetero) is 2. The molecule has 0 unspecified atom stereocenters. The van der Waals surface area contributed by atoms with Gasteiger partial charge in [0, 0.05) is 36.2 Å². The van der Waals surface area contributed by atoms with Crippen LogP contribution in [0.25, 0.3) is 0 Å². The molecule has 4 aliphatic carbocycles. The van der Waals surface area contributed by atoms with Crippen LogP contribution >= 0.6 is 11.6 Å². The Morgan fingerprint density at radius 2 is 1.93 bits per heavy atom. The maximum atomic E-state index is 13.4. The molecule has 0 aliphatic heterocycles. The third-order valence-electron chi connectivity index (χ3n) is 6.83. The van der Waals surface area contributed by atoms with E-state index in [1.54, 1.807) is 6.07 Å². The van der Waals surface area contributed by atoms with E-state index in [2.05, 4.69) is 11.1 Å². The number of carbonyl (C=O) groups is 2. The van der Waals surface area contributed by atoms with Gasteiger partial charge in [-0.15, -0.1) is 0 Å². The molecule has 0 spiro atoms. The molecule has 30 heavy (non-hydrogen) atoms. The van der Waals surface area contributed by atoms with Crippen molar-refractivity contribution in [1.29, 1.82) is 0 Å². The van der Waals surface area contributed by atoms with E-state index in [9.17, 15) is 14.0 Å². The summed E-state index contributed by atoms with van der Waals surface area (Å²) in [7, 11) is 0. The lowest BCUT2D eigenvalue weighted by Crippen LogP contribution is -2.66. The van der Waals surface area contributed by atoms with Gasteiger partial charge >= 0.3 is 0 Å². The molecule has 156 valence electrons. The molecular formula is C24H23ClFNO3. The Bertz CT molecular complexity index is 996. The zero-order valence-electron chi connectivity index (χ0n) is 16.6. The van der Waals surface area contributed by atoms with Crippen LogP contribution in [0.3, 0.4) is 0 Å². The third kappa shape index (κ3) is 3.64. The molecule has 0 saturated heterocycles. The number of hydrogen-bond donors (Lipinski definition) is 0. The molecule has 4 aliphatic rings. The fraction of sp³-hybridized carbons (Fsp3) is 0.458. The number of benzene rings is 1. The normalized spacial score (nSPS) is 26.5. The lowest BCUT2D eigenvalue weighted by molar-refractivity contribution is -0.207. The Kier molecular flexibility index (Phi) is 4.69. The lowest BCUT2D eigenvalue weighted by atomic mass is 9.33. The number of ketones is 2. The summed E-state index contributed by atoms with van der Waals surface area (Å²) < 4.78 is 18.8. The summed E-state index contributed by atoms with van der Waals surface area (Å²) in [4.78, 5) is 29.6. The second kappa shape index (κ2) is 7.16. The van der Waals surface area contributed by atoms with E-state index in [1.807, 2.05) is 12.3 Å². The summed E-state index contributed by atoms with van der Waals surface area (Å²) >= 11 is 5.64. The molecule has 6 rings (SSSR count). The van der Waals surface area contributed by atoms with E-state index < -0.39 is 5.82 Å². The van der Waals surface area contributed by atoms with E-state index in [0.29, 0.717) is 18.8 Å². The van der Waals surface area contributed by atoms with E-state index >= 15 is 0 Å². The standard InChI is InChI=1S/C24H23ClFNO3/c25-20-6-5-19(8-21(20)26)30-11-18(28)9-23-12-24(13-23,14-23)22(29)7-17-4-3-16(10-27-17)15-1-2-15/h3-6,8,10,15H,1-2,7,9,11-14H2. The first-order valence-electron chi connectivity index (χ1n) is 10.4. The summed E-state index contributed by atoms with van der Waals surface area (Å²) in [6.45, 7) is -0.0962. The smallest absolute Gasteiger partial charge is 0.170 e. The highest BCUT2D eigenvalue weighted by molar-refractivity contribution is 6.30. The van der Waals surface area contributed by atoms with Gasteiger partial charge in [0.05, 0.1) is 5.02 Å². The van der Waals surface area contributed by atoms with E-state index in [0.717, 1.165) is 25.0 Å². The molecule has 0 radical (unpaired) electrons. The molecule has 1 aromatic carbocycles. The van der Waals surface area contributed by atoms with Gasteiger partial charge in [-0.3, -0.25) is 14.6 Å². The summed E-state index contributed by atoms with van der Waals surface area (Å²) in [5, 5.41) is 0.0200. The molecule has 6 heteroatoms. The van der Waals surface area contributed by atoms with Gasteiger partial charge in [-0.2, -0.15) is 0 Å². The minimum Gasteiger partial charge on any atom is -0.486 e. The fourth-order valence-electron chi connectivity index (χ4n) is 5.23. The molecule has 1 aromatic heterocycles. The van der Waals surface area contributed by atoms with Crippen molar-refractivity contribution in [2.24, 2.45) is 10.8 Å². The van der Waals surface area contributed by atoms with Crippen LogP contribution in [-0.4, -0.2) is 23.2 Å². The summed E-state index contributed by atoms with van der Waals surface area (Å²) in [5.74, 6) is 0.604. The van der Waals surface area contributed by atoms with Crippen LogP contribution < -0.4 is 4.74 Å². The first kappa shape index (κ1) is 19.7. The maximum absolute atomic E-state index is 13.4. The maximum Gasteiger partial charge on any atom is 0.170 e. The molecule has 0 amide bonds. The van der Waals surface area contributed by atoms with Crippen molar-refractivity contribution in [2.75, 3.05) is 6.61 Å². The van der Waals surface area contributed by atoms with Gasteiger partial charge in [-0.25, -0.2) is 4.39 Å². The van der Waals surface area contributed by atoms with Crippen LogP contribution in [0.1, 0.15) is 55.7 Å². The number of carbonyl (C=O) groups excluding carboxylic acids is 2. The van der Waals surface area contributed by atoms with Crippen molar-refractivity contribution >= 4 is 23.2 Å². The number of rotatable bonds is 9. The minimum atomic E-state index is -0.571. The van der Waals surface area contributed by atoms with Crippen LogP contribution in [0.2, 0.25) is 5.02 Å². The van der Waals surface area contributed by atoms with Crippen molar-refractivity contribution in [3.63, 3.8) is 0 Å².